The highest BCUT2D eigenvalue weighted by molar-refractivity contribution is 7.20. The lowest BCUT2D eigenvalue weighted by atomic mass is 10.2. The molecule has 3 rings (SSSR count). The van der Waals surface area contributed by atoms with Crippen LogP contribution in [0.3, 0.4) is 0 Å². The summed E-state index contributed by atoms with van der Waals surface area (Å²) in [6, 6.07) is 9.76. The van der Waals surface area contributed by atoms with Gasteiger partial charge in [-0.25, -0.2) is 9.59 Å². The first-order chi connectivity index (χ1) is 14.0. The molecule has 154 valence electrons. The molecule has 3 aromatic rings. The topological polar surface area (TPSA) is 72.6 Å². The van der Waals surface area contributed by atoms with E-state index in [1.54, 1.807) is 6.92 Å². The third-order valence-corrected chi connectivity index (χ3v) is 5.95. The molecular formula is C22H26N2O4S. The summed E-state index contributed by atoms with van der Waals surface area (Å²) in [5.74, 6) is -0.455. The number of benzene rings is 1. The molecule has 0 unspecified atom stereocenters. The van der Waals surface area contributed by atoms with Crippen molar-refractivity contribution in [2.24, 2.45) is 0 Å². The van der Waals surface area contributed by atoms with Crippen molar-refractivity contribution in [1.82, 2.24) is 4.98 Å². The zero-order valence-electron chi connectivity index (χ0n) is 17.1. The minimum atomic E-state index is -0.471. The van der Waals surface area contributed by atoms with Gasteiger partial charge in [0, 0.05) is 13.6 Å². The molecule has 0 radical (unpaired) electrons. The van der Waals surface area contributed by atoms with E-state index in [0.717, 1.165) is 24.9 Å². The van der Waals surface area contributed by atoms with Crippen LogP contribution in [-0.4, -0.2) is 24.5 Å². The maximum atomic E-state index is 12.6. The molecule has 0 spiro atoms. The van der Waals surface area contributed by atoms with E-state index >= 15 is 0 Å². The molecule has 7 heteroatoms. The number of hydrogen-bond donors (Lipinski definition) is 0. The van der Waals surface area contributed by atoms with Crippen LogP contribution in [0.2, 0.25) is 0 Å². The second-order valence-corrected chi connectivity index (χ2v) is 8.06. The third-order valence-electron chi connectivity index (χ3n) is 4.79. The van der Waals surface area contributed by atoms with Crippen molar-refractivity contribution in [3.63, 3.8) is 0 Å². The Hall–Kier alpha value is -2.67. The van der Waals surface area contributed by atoms with Crippen LogP contribution in [-0.2, 0) is 11.3 Å². The molecule has 0 N–H and O–H groups in total. The van der Waals surface area contributed by atoms with Crippen molar-refractivity contribution in [2.75, 3.05) is 18.5 Å². The van der Waals surface area contributed by atoms with Crippen molar-refractivity contribution in [2.45, 2.75) is 46.1 Å². The number of aromatic nitrogens is 1. The van der Waals surface area contributed by atoms with E-state index < -0.39 is 11.6 Å². The van der Waals surface area contributed by atoms with Crippen LogP contribution in [0.25, 0.3) is 10.2 Å². The molecule has 0 saturated carbocycles. The Morgan fingerprint density at radius 3 is 2.69 bits per heavy atom. The molecule has 0 aliphatic rings. The number of hydrogen-bond acceptors (Lipinski definition) is 7. The van der Waals surface area contributed by atoms with Crippen molar-refractivity contribution in [3.8, 4) is 0 Å². The van der Waals surface area contributed by atoms with E-state index in [-0.39, 0.29) is 12.6 Å². The summed E-state index contributed by atoms with van der Waals surface area (Å²) in [6.07, 6.45) is 4.49. The molecule has 0 amide bonds. The Balaban J connectivity index is 1.78. The highest BCUT2D eigenvalue weighted by Crippen LogP contribution is 2.29. The van der Waals surface area contributed by atoms with E-state index in [4.69, 9.17) is 9.15 Å². The van der Waals surface area contributed by atoms with Gasteiger partial charge in [0.2, 0.25) is 0 Å². The summed E-state index contributed by atoms with van der Waals surface area (Å²) in [6.45, 7) is 4.84. The highest BCUT2D eigenvalue weighted by Gasteiger charge is 2.22. The van der Waals surface area contributed by atoms with Crippen LogP contribution < -0.4 is 10.5 Å². The maximum Gasteiger partial charge on any atom is 0.349 e. The number of carbonyl (C=O) groups excluding carboxylic acids is 1. The summed E-state index contributed by atoms with van der Waals surface area (Å²) in [7, 11) is 1.86. The number of nitrogens with zero attached hydrogens (tertiary/aromatic N) is 2. The van der Waals surface area contributed by atoms with Gasteiger partial charge in [-0.1, -0.05) is 56.5 Å². The normalized spacial score (nSPS) is 11.0. The van der Waals surface area contributed by atoms with E-state index in [9.17, 15) is 9.59 Å². The number of ether oxygens (including phenoxy) is 1. The van der Waals surface area contributed by atoms with Gasteiger partial charge in [0.05, 0.1) is 0 Å². The average Bonchev–Trinajstić information content (AvgIpc) is 3.07. The van der Waals surface area contributed by atoms with E-state index in [2.05, 4.69) is 11.9 Å². The van der Waals surface area contributed by atoms with Gasteiger partial charge in [0.25, 0.3) is 0 Å². The fourth-order valence-corrected chi connectivity index (χ4v) is 4.13. The van der Waals surface area contributed by atoms with Crippen LogP contribution in [0, 0.1) is 6.92 Å². The number of fused-ring (bicyclic) bond motifs is 1. The predicted octanol–water partition coefficient (Wildman–Crippen LogP) is 4.93. The molecule has 2 heterocycles. The van der Waals surface area contributed by atoms with Crippen molar-refractivity contribution < 1.29 is 13.9 Å². The number of rotatable bonds is 9. The van der Waals surface area contributed by atoms with Crippen molar-refractivity contribution in [1.29, 1.82) is 0 Å². The Kier molecular flexibility index (Phi) is 7.04. The third kappa shape index (κ3) is 5.03. The number of anilines is 1. The van der Waals surface area contributed by atoms with Crippen LogP contribution in [0.5, 0.6) is 0 Å². The summed E-state index contributed by atoms with van der Waals surface area (Å²) in [4.78, 5) is 32.3. The maximum absolute atomic E-state index is 12.6. The molecule has 0 aliphatic carbocycles. The quantitative estimate of drug-likeness (QED) is 0.365. The Labute approximate surface area is 174 Å². The molecule has 29 heavy (non-hydrogen) atoms. The minimum Gasteiger partial charge on any atom is -0.457 e. The van der Waals surface area contributed by atoms with Crippen molar-refractivity contribution >= 4 is 33.5 Å². The molecule has 0 saturated heterocycles. The molecule has 6 nitrogen and oxygen atoms in total. The highest BCUT2D eigenvalue weighted by atomic mass is 32.1. The number of carbonyl (C=O) groups is 1. The fraction of sp³-hybridized carbons (Fsp3) is 0.409. The molecule has 0 aliphatic heterocycles. The first-order valence-corrected chi connectivity index (χ1v) is 10.7. The summed E-state index contributed by atoms with van der Waals surface area (Å²) in [5.41, 5.74) is 0.993. The summed E-state index contributed by atoms with van der Waals surface area (Å²) in [5, 5.41) is 0.352. The average molecular weight is 415 g/mol. The van der Waals surface area contributed by atoms with Crippen LogP contribution in [0.4, 0.5) is 6.01 Å². The largest absolute Gasteiger partial charge is 0.457 e. The number of thiophene rings is 1. The molecule has 2 aromatic heterocycles. The number of aryl methyl sites for hydroxylation is 1. The standard InChI is InChI=1S/C22H26N2O4S/c1-4-5-6-10-13-24(3)22-23-19-17(20(25)28-22)15(2)18(29-19)21(26)27-14-16-11-8-7-9-12-16/h7-9,11-12H,4-6,10,13-14H2,1-3H3. The monoisotopic (exact) mass is 414 g/mol. The van der Waals surface area contributed by atoms with Gasteiger partial charge in [-0.05, 0) is 24.5 Å². The lowest BCUT2D eigenvalue weighted by Crippen LogP contribution is -2.21. The second kappa shape index (κ2) is 9.69. The first-order valence-electron chi connectivity index (χ1n) is 9.87. The van der Waals surface area contributed by atoms with Gasteiger partial charge >= 0.3 is 17.6 Å². The van der Waals surface area contributed by atoms with Gasteiger partial charge in [-0.3, -0.25) is 0 Å². The second-order valence-electron chi connectivity index (χ2n) is 7.06. The zero-order valence-corrected chi connectivity index (χ0v) is 17.9. The molecule has 0 fully saturated rings. The van der Waals surface area contributed by atoms with Gasteiger partial charge in [-0.2, -0.15) is 4.98 Å². The summed E-state index contributed by atoms with van der Waals surface area (Å²) >= 11 is 1.17. The molecule has 0 bridgehead atoms. The van der Waals surface area contributed by atoms with Crippen LogP contribution >= 0.6 is 11.3 Å². The van der Waals surface area contributed by atoms with Crippen LogP contribution in [0.15, 0.2) is 39.5 Å². The van der Waals surface area contributed by atoms with Gasteiger partial charge in [-0.15, -0.1) is 11.3 Å². The van der Waals surface area contributed by atoms with Crippen molar-refractivity contribution in [3.05, 3.63) is 56.8 Å². The molecule has 0 atom stereocenters. The van der Waals surface area contributed by atoms with Crippen LogP contribution in [0.1, 0.15) is 53.4 Å². The van der Waals surface area contributed by atoms with Gasteiger partial charge < -0.3 is 14.1 Å². The van der Waals surface area contributed by atoms with E-state index in [0.29, 0.717) is 20.7 Å². The molecular weight excluding hydrogens is 388 g/mol. The number of unbranched alkanes of at least 4 members (excludes halogenated alkanes) is 3. The van der Waals surface area contributed by atoms with E-state index in [1.807, 2.05) is 42.3 Å². The Morgan fingerprint density at radius 1 is 1.21 bits per heavy atom. The minimum absolute atomic E-state index is 0.182. The Bertz CT molecular complexity index is 1030. The Morgan fingerprint density at radius 2 is 1.97 bits per heavy atom. The lowest BCUT2D eigenvalue weighted by molar-refractivity contribution is 0.0478. The lowest BCUT2D eigenvalue weighted by Gasteiger charge is -2.15. The van der Waals surface area contributed by atoms with Gasteiger partial charge in [0.1, 0.15) is 21.7 Å². The van der Waals surface area contributed by atoms with E-state index in [1.165, 1.54) is 24.2 Å². The first kappa shape index (κ1) is 21.0. The SMILES string of the molecule is CCCCCCN(C)c1nc2sc(C(=O)OCc3ccccc3)c(C)c2c(=O)o1. The molecule has 1 aromatic carbocycles. The van der Waals surface area contributed by atoms with Gasteiger partial charge in [0.15, 0.2) is 0 Å². The predicted molar refractivity (Wildman–Crippen MR) is 116 cm³/mol. The smallest absolute Gasteiger partial charge is 0.349 e. The zero-order chi connectivity index (χ0) is 20.8. The number of esters is 1. The summed E-state index contributed by atoms with van der Waals surface area (Å²) < 4.78 is 10.8. The fourth-order valence-electron chi connectivity index (χ4n) is 3.08.